The lowest BCUT2D eigenvalue weighted by Crippen LogP contribution is -2.37. The number of hydrogen-bond acceptors (Lipinski definition) is 4. The Kier molecular flexibility index (Phi) is 4.34. The molecule has 5 heteroatoms. The second kappa shape index (κ2) is 5.20. The first-order valence-electron chi connectivity index (χ1n) is 6.81. The fraction of sp³-hybridized carbons (Fsp3) is 0.733. The summed E-state index contributed by atoms with van der Waals surface area (Å²) in [6.45, 7) is 13.0. The van der Waals surface area contributed by atoms with Crippen molar-refractivity contribution in [3.05, 3.63) is 17.0 Å². The molecule has 1 rings (SSSR count). The molecule has 0 amide bonds. The van der Waals surface area contributed by atoms with E-state index in [1.165, 1.54) is 0 Å². The third-order valence-electron chi connectivity index (χ3n) is 3.36. The Morgan fingerprint density at radius 1 is 1.30 bits per heavy atom. The molecule has 0 aliphatic rings. The van der Waals surface area contributed by atoms with E-state index in [2.05, 4.69) is 5.10 Å². The van der Waals surface area contributed by atoms with Crippen molar-refractivity contribution in [2.75, 3.05) is 0 Å². The van der Waals surface area contributed by atoms with E-state index < -0.39 is 22.9 Å². The van der Waals surface area contributed by atoms with Crippen molar-refractivity contribution in [2.24, 2.45) is 5.41 Å². The van der Waals surface area contributed by atoms with Crippen LogP contribution in [0.25, 0.3) is 0 Å². The fourth-order valence-corrected chi connectivity index (χ4v) is 2.55. The van der Waals surface area contributed by atoms with E-state index in [9.17, 15) is 15.0 Å². The highest BCUT2D eigenvalue weighted by molar-refractivity contribution is 5.76. The Labute approximate surface area is 120 Å². The van der Waals surface area contributed by atoms with Crippen LogP contribution in [0.15, 0.2) is 0 Å². The van der Waals surface area contributed by atoms with E-state index in [1.54, 1.807) is 25.5 Å². The fourth-order valence-electron chi connectivity index (χ4n) is 2.55. The van der Waals surface area contributed by atoms with Gasteiger partial charge in [0.1, 0.15) is 0 Å². The molecule has 20 heavy (non-hydrogen) atoms. The monoisotopic (exact) mass is 281 g/mol. The van der Waals surface area contributed by atoms with Gasteiger partial charge in [-0.3, -0.25) is 4.68 Å². The topological polar surface area (TPSA) is 78.2 Å². The molecule has 0 radical (unpaired) electrons. The summed E-state index contributed by atoms with van der Waals surface area (Å²) in [5, 5.41) is 25.8. The Morgan fingerprint density at radius 3 is 2.15 bits per heavy atom. The summed E-state index contributed by atoms with van der Waals surface area (Å²) in [5.41, 5.74) is 0.780. The van der Waals surface area contributed by atoms with Crippen LogP contribution >= 0.6 is 0 Å². The number of aliphatic hydroxyl groups is 1. The Morgan fingerprint density at radius 2 is 1.80 bits per heavy atom. The third kappa shape index (κ3) is 3.60. The van der Waals surface area contributed by atoms with Crippen molar-refractivity contribution in [3.8, 4) is 0 Å². The van der Waals surface area contributed by atoms with Crippen LogP contribution in [0.3, 0.4) is 0 Å². The van der Waals surface area contributed by atoms with Gasteiger partial charge >= 0.3 is 0 Å². The lowest BCUT2D eigenvalue weighted by atomic mass is 9.75. The van der Waals surface area contributed by atoms with E-state index in [4.69, 9.17) is 0 Å². The number of rotatable bonds is 4. The zero-order valence-corrected chi connectivity index (χ0v) is 13.4. The lowest BCUT2D eigenvalue weighted by molar-refractivity contribution is -0.310. The SMILES string of the molecule is Cc1nn(CC(C)(C)O)c(C)c1C(C(=O)[O-])C(C)(C)C. The molecule has 1 aromatic heterocycles. The maximum atomic E-state index is 11.5. The van der Waals surface area contributed by atoms with Crippen LogP contribution < -0.4 is 5.11 Å². The predicted molar refractivity (Wildman–Crippen MR) is 75.2 cm³/mol. The Hall–Kier alpha value is -1.36. The lowest BCUT2D eigenvalue weighted by Gasteiger charge is -2.32. The number of carbonyl (C=O) groups is 1. The molecular weight excluding hydrogens is 256 g/mol. The molecule has 0 aromatic carbocycles. The summed E-state index contributed by atoms with van der Waals surface area (Å²) in [5.74, 6) is -1.82. The van der Waals surface area contributed by atoms with Crippen LogP contribution in [0.5, 0.6) is 0 Å². The first kappa shape index (κ1) is 16.7. The highest BCUT2D eigenvalue weighted by Crippen LogP contribution is 2.37. The second-order valence-corrected chi connectivity index (χ2v) is 7.17. The largest absolute Gasteiger partial charge is 0.549 e. The minimum atomic E-state index is -1.09. The molecule has 1 aromatic rings. The van der Waals surface area contributed by atoms with Crippen molar-refractivity contribution in [3.63, 3.8) is 0 Å². The highest BCUT2D eigenvalue weighted by Gasteiger charge is 2.32. The number of aryl methyl sites for hydroxylation is 1. The van der Waals surface area contributed by atoms with Gasteiger partial charge < -0.3 is 15.0 Å². The number of carbonyl (C=O) groups excluding carboxylic acids is 1. The van der Waals surface area contributed by atoms with Gasteiger partial charge in [-0.05, 0) is 33.1 Å². The number of carboxylic acid groups (broad SMARTS) is 1. The van der Waals surface area contributed by atoms with Gasteiger partial charge in [0.25, 0.3) is 0 Å². The Balaban J connectivity index is 3.35. The maximum Gasteiger partial charge on any atom is 0.0786 e. The van der Waals surface area contributed by atoms with Crippen molar-refractivity contribution in [1.29, 1.82) is 0 Å². The molecule has 0 spiro atoms. The van der Waals surface area contributed by atoms with Gasteiger partial charge in [-0.15, -0.1) is 0 Å². The summed E-state index contributed by atoms with van der Waals surface area (Å²) in [6, 6.07) is 0. The van der Waals surface area contributed by atoms with Crippen LogP contribution in [0, 0.1) is 19.3 Å². The van der Waals surface area contributed by atoms with Crippen LogP contribution in [0.4, 0.5) is 0 Å². The molecule has 0 saturated heterocycles. The minimum Gasteiger partial charge on any atom is -0.549 e. The summed E-state index contributed by atoms with van der Waals surface area (Å²) >= 11 is 0. The second-order valence-electron chi connectivity index (χ2n) is 7.17. The number of aromatic nitrogens is 2. The molecule has 0 aliphatic heterocycles. The van der Waals surface area contributed by atoms with E-state index in [-0.39, 0.29) is 0 Å². The molecule has 1 heterocycles. The van der Waals surface area contributed by atoms with Gasteiger partial charge in [-0.2, -0.15) is 5.10 Å². The molecule has 0 aliphatic carbocycles. The van der Waals surface area contributed by atoms with Gasteiger partial charge in [0, 0.05) is 23.1 Å². The first-order valence-corrected chi connectivity index (χ1v) is 6.81. The van der Waals surface area contributed by atoms with E-state index in [1.807, 2.05) is 27.7 Å². The standard InChI is InChI=1S/C15H26N2O3/c1-9-11(12(13(18)19)14(3,4)5)10(2)17(16-9)8-15(6,7)20/h12,20H,8H2,1-7H3,(H,18,19)/p-1. The van der Waals surface area contributed by atoms with Crippen molar-refractivity contribution in [1.82, 2.24) is 9.78 Å². The summed E-state index contributed by atoms with van der Waals surface area (Å²) < 4.78 is 1.67. The van der Waals surface area contributed by atoms with Gasteiger partial charge in [-0.25, -0.2) is 0 Å². The number of aliphatic carboxylic acids is 1. The maximum absolute atomic E-state index is 11.5. The molecule has 1 N–H and O–H groups in total. The minimum absolute atomic E-state index is 0.323. The quantitative estimate of drug-likeness (QED) is 0.898. The smallest absolute Gasteiger partial charge is 0.0786 e. The average molecular weight is 281 g/mol. The summed E-state index contributed by atoms with van der Waals surface area (Å²) in [6.07, 6.45) is 0. The van der Waals surface area contributed by atoms with Crippen LogP contribution in [0.2, 0.25) is 0 Å². The average Bonchev–Trinajstić information content (AvgIpc) is 2.40. The van der Waals surface area contributed by atoms with E-state index in [0.717, 1.165) is 5.69 Å². The van der Waals surface area contributed by atoms with Gasteiger partial charge in [0.05, 0.1) is 17.8 Å². The predicted octanol–water partition coefficient (Wildman–Crippen LogP) is 1.15. The molecule has 0 fully saturated rings. The van der Waals surface area contributed by atoms with Gasteiger partial charge in [0.15, 0.2) is 0 Å². The summed E-state index contributed by atoms with van der Waals surface area (Å²) in [4.78, 5) is 11.5. The summed E-state index contributed by atoms with van der Waals surface area (Å²) in [7, 11) is 0. The molecule has 114 valence electrons. The van der Waals surface area contributed by atoms with Crippen molar-refractivity contribution < 1.29 is 15.0 Å². The van der Waals surface area contributed by atoms with E-state index in [0.29, 0.717) is 17.8 Å². The molecular formula is C15H25N2O3-. The van der Waals surface area contributed by atoms with Crippen molar-refractivity contribution in [2.45, 2.75) is 66.5 Å². The van der Waals surface area contributed by atoms with Crippen LogP contribution in [-0.2, 0) is 11.3 Å². The third-order valence-corrected chi connectivity index (χ3v) is 3.36. The zero-order chi connectivity index (χ0) is 15.9. The molecule has 5 nitrogen and oxygen atoms in total. The van der Waals surface area contributed by atoms with Gasteiger partial charge in [0.2, 0.25) is 0 Å². The zero-order valence-electron chi connectivity index (χ0n) is 13.4. The van der Waals surface area contributed by atoms with E-state index >= 15 is 0 Å². The Bertz CT molecular complexity index is 504. The van der Waals surface area contributed by atoms with Crippen molar-refractivity contribution >= 4 is 5.97 Å². The van der Waals surface area contributed by atoms with Crippen LogP contribution in [0.1, 0.15) is 57.5 Å². The normalized spacial score (nSPS) is 14.4. The molecule has 1 atom stereocenters. The molecule has 0 bridgehead atoms. The highest BCUT2D eigenvalue weighted by atomic mass is 16.4. The molecule has 0 saturated carbocycles. The first-order chi connectivity index (χ1) is 8.84. The molecule has 1 unspecified atom stereocenters. The number of nitrogens with zero attached hydrogens (tertiary/aromatic N) is 2. The number of hydrogen-bond donors (Lipinski definition) is 1. The number of carboxylic acids is 1. The van der Waals surface area contributed by atoms with Crippen LogP contribution in [-0.4, -0.2) is 26.5 Å². The van der Waals surface area contributed by atoms with Gasteiger partial charge in [-0.1, -0.05) is 20.8 Å².